The van der Waals surface area contributed by atoms with Crippen LogP contribution in [0.4, 0.5) is 5.69 Å². The zero-order valence-corrected chi connectivity index (χ0v) is 12.0. The molecule has 1 fully saturated rings. The fourth-order valence-corrected chi connectivity index (χ4v) is 2.94. The first kappa shape index (κ1) is 13.9. The van der Waals surface area contributed by atoms with E-state index in [4.69, 9.17) is 4.74 Å². The molecule has 1 aromatic rings. The van der Waals surface area contributed by atoms with Gasteiger partial charge in [0.15, 0.2) is 0 Å². The van der Waals surface area contributed by atoms with Crippen LogP contribution in [-0.4, -0.2) is 18.1 Å². The predicted octanol–water partition coefficient (Wildman–Crippen LogP) is 3.61. The number of hydrogen-bond donors (Lipinski definition) is 1. The lowest BCUT2D eigenvalue weighted by Crippen LogP contribution is -2.46. The first-order valence-corrected chi connectivity index (χ1v) is 6.98. The molecule has 1 unspecified atom stereocenters. The summed E-state index contributed by atoms with van der Waals surface area (Å²) in [5, 5.41) is 3.42. The number of nitrogens with one attached hydrogen (secondary N) is 1. The highest BCUT2D eigenvalue weighted by Gasteiger charge is 2.49. The SMILES string of the molecule is CCOC(=O)C1(Nc2ccccc2)CCC(C)(C)C1. The fraction of sp³-hybridized carbons (Fsp3) is 0.562. The topological polar surface area (TPSA) is 38.3 Å². The summed E-state index contributed by atoms with van der Waals surface area (Å²) < 4.78 is 5.29. The van der Waals surface area contributed by atoms with E-state index in [1.54, 1.807) is 0 Å². The van der Waals surface area contributed by atoms with Gasteiger partial charge in [-0.2, -0.15) is 0 Å². The van der Waals surface area contributed by atoms with E-state index >= 15 is 0 Å². The second kappa shape index (κ2) is 5.24. The van der Waals surface area contributed by atoms with Crippen molar-refractivity contribution in [3.63, 3.8) is 0 Å². The standard InChI is InChI=1S/C16H23NO2/c1-4-19-14(18)16(11-10-15(2,3)12-16)17-13-8-6-5-7-9-13/h5-9,17H,4,10-12H2,1-3H3. The van der Waals surface area contributed by atoms with Gasteiger partial charge in [0.05, 0.1) is 6.61 Å². The van der Waals surface area contributed by atoms with Crippen molar-refractivity contribution in [2.75, 3.05) is 11.9 Å². The van der Waals surface area contributed by atoms with Crippen molar-refractivity contribution in [1.29, 1.82) is 0 Å². The minimum absolute atomic E-state index is 0.121. The lowest BCUT2D eigenvalue weighted by atomic mass is 9.87. The van der Waals surface area contributed by atoms with E-state index in [0.29, 0.717) is 6.61 Å². The molecule has 3 heteroatoms. The highest BCUT2D eigenvalue weighted by molar-refractivity contribution is 5.85. The van der Waals surface area contributed by atoms with Crippen molar-refractivity contribution in [2.24, 2.45) is 5.41 Å². The molecular weight excluding hydrogens is 238 g/mol. The van der Waals surface area contributed by atoms with Gasteiger partial charge in [0, 0.05) is 5.69 Å². The number of rotatable bonds is 4. The van der Waals surface area contributed by atoms with Crippen molar-refractivity contribution in [1.82, 2.24) is 0 Å². The third kappa shape index (κ3) is 3.09. The van der Waals surface area contributed by atoms with Gasteiger partial charge in [-0.3, -0.25) is 0 Å². The summed E-state index contributed by atoms with van der Waals surface area (Å²) in [6, 6.07) is 9.90. The Balaban J connectivity index is 2.23. The van der Waals surface area contributed by atoms with Crippen molar-refractivity contribution >= 4 is 11.7 Å². The van der Waals surface area contributed by atoms with E-state index in [1.165, 1.54) is 0 Å². The maximum Gasteiger partial charge on any atom is 0.331 e. The van der Waals surface area contributed by atoms with Crippen LogP contribution in [0.5, 0.6) is 0 Å². The van der Waals surface area contributed by atoms with E-state index in [2.05, 4.69) is 19.2 Å². The Kier molecular flexibility index (Phi) is 3.83. The van der Waals surface area contributed by atoms with Gasteiger partial charge >= 0.3 is 5.97 Å². The summed E-state index contributed by atoms with van der Waals surface area (Å²) in [5.74, 6) is -0.121. The summed E-state index contributed by atoms with van der Waals surface area (Å²) in [5.41, 5.74) is 0.586. The zero-order valence-electron chi connectivity index (χ0n) is 12.0. The molecule has 1 aromatic carbocycles. The largest absolute Gasteiger partial charge is 0.464 e. The minimum atomic E-state index is -0.569. The molecule has 0 spiro atoms. The van der Waals surface area contributed by atoms with Crippen LogP contribution in [0, 0.1) is 5.41 Å². The van der Waals surface area contributed by atoms with Crippen LogP contribution >= 0.6 is 0 Å². The molecule has 1 N–H and O–H groups in total. The summed E-state index contributed by atoms with van der Waals surface area (Å²) in [6.07, 6.45) is 2.67. The molecule has 2 rings (SSSR count). The minimum Gasteiger partial charge on any atom is -0.464 e. The van der Waals surface area contributed by atoms with Gasteiger partial charge in [0.2, 0.25) is 0 Å². The molecule has 19 heavy (non-hydrogen) atoms. The molecule has 0 saturated heterocycles. The van der Waals surface area contributed by atoms with Gasteiger partial charge in [-0.1, -0.05) is 32.0 Å². The molecule has 0 bridgehead atoms. The molecule has 104 valence electrons. The van der Waals surface area contributed by atoms with Crippen LogP contribution in [-0.2, 0) is 9.53 Å². The summed E-state index contributed by atoms with van der Waals surface area (Å²) in [4.78, 5) is 12.4. The normalized spacial score (nSPS) is 25.0. The average Bonchev–Trinajstić information content (AvgIpc) is 2.68. The van der Waals surface area contributed by atoms with E-state index in [9.17, 15) is 4.79 Å². The Morgan fingerprint density at radius 2 is 1.95 bits per heavy atom. The Labute approximate surface area is 115 Å². The highest BCUT2D eigenvalue weighted by atomic mass is 16.5. The van der Waals surface area contributed by atoms with Crippen LogP contribution < -0.4 is 5.32 Å². The van der Waals surface area contributed by atoms with E-state index in [1.807, 2.05) is 37.3 Å². The Morgan fingerprint density at radius 1 is 1.26 bits per heavy atom. The molecule has 0 aromatic heterocycles. The monoisotopic (exact) mass is 261 g/mol. The first-order valence-electron chi connectivity index (χ1n) is 6.98. The van der Waals surface area contributed by atoms with Gasteiger partial charge in [-0.25, -0.2) is 4.79 Å². The van der Waals surface area contributed by atoms with Crippen LogP contribution in [0.25, 0.3) is 0 Å². The second-order valence-electron chi connectivity index (χ2n) is 6.13. The molecule has 0 aliphatic heterocycles. The molecule has 1 aliphatic rings. The number of carbonyl (C=O) groups excluding carboxylic acids is 1. The highest BCUT2D eigenvalue weighted by Crippen LogP contribution is 2.45. The number of hydrogen-bond acceptors (Lipinski definition) is 3. The van der Waals surface area contributed by atoms with Gasteiger partial charge in [0.25, 0.3) is 0 Å². The van der Waals surface area contributed by atoms with Crippen LogP contribution in [0.1, 0.15) is 40.0 Å². The number of para-hydroxylation sites is 1. The van der Waals surface area contributed by atoms with Gasteiger partial charge in [-0.05, 0) is 43.7 Å². The lowest BCUT2D eigenvalue weighted by Gasteiger charge is -2.30. The number of anilines is 1. The Hall–Kier alpha value is -1.51. The number of esters is 1. The molecular formula is C16H23NO2. The number of benzene rings is 1. The average molecular weight is 261 g/mol. The summed E-state index contributed by atoms with van der Waals surface area (Å²) in [6.45, 7) is 6.70. The van der Waals surface area contributed by atoms with Crippen molar-refractivity contribution in [2.45, 2.75) is 45.6 Å². The van der Waals surface area contributed by atoms with Gasteiger partial charge < -0.3 is 10.1 Å². The molecule has 0 heterocycles. The van der Waals surface area contributed by atoms with Crippen LogP contribution in [0.3, 0.4) is 0 Å². The molecule has 0 radical (unpaired) electrons. The molecule has 1 aliphatic carbocycles. The van der Waals surface area contributed by atoms with E-state index in [-0.39, 0.29) is 11.4 Å². The third-order valence-electron chi connectivity index (χ3n) is 3.83. The number of ether oxygens (including phenoxy) is 1. The zero-order chi connectivity index (χ0) is 13.9. The molecule has 0 amide bonds. The third-order valence-corrected chi connectivity index (χ3v) is 3.83. The summed E-state index contributed by atoms with van der Waals surface area (Å²) in [7, 11) is 0. The predicted molar refractivity (Wildman–Crippen MR) is 77.1 cm³/mol. The maximum atomic E-state index is 12.4. The van der Waals surface area contributed by atoms with Crippen molar-refractivity contribution in [3.8, 4) is 0 Å². The van der Waals surface area contributed by atoms with Crippen molar-refractivity contribution in [3.05, 3.63) is 30.3 Å². The Morgan fingerprint density at radius 3 is 2.47 bits per heavy atom. The van der Waals surface area contributed by atoms with Gasteiger partial charge in [-0.15, -0.1) is 0 Å². The second-order valence-corrected chi connectivity index (χ2v) is 6.13. The van der Waals surface area contributed by atoms with Crippen molar-refractivity contribution < 1.29 is 9.53 Å². The quantitative estimate of drug-likeness (QED) is 0.841. The Bertz CT molecular complexity index is 441. The molecule has 1 atom stereocenters. The fourth-order valence-electron chi connectivity index (χ4n) is 2.94. The molecule has 3 nitrogen and oxygen atoms in total. The van der Waals surface area contributed by atoms with Crippen LogP contribution in [0.15, 0.2) is 30.3 Å². The first-order chi connectivity index (χ1) is 8.97. The van der Waals surface area contributed by atoms with E-state index in [0.717, 1.165) is 24.9 Å². The maximum absolute atomic E-state index is 12.4. The van der Waals surface area contributed by atoms with E-state index < -0.39 is 5.54 Å². The smallest absolute Gasteiger partial charge is 0.331 e. The van der Waals surface area contributed by atoms with Gasteiger partial charge in [0.1, 0.15) is 5.54 Å². The molecule has 1 saturated carbocycles. The number of carbonyl (C=O) groups is 1. The lowest BCUT2D eigenvalue weighted by molar-refractivity contribution is -0.148. The summed E-state index contributed by atoms with van der Waals surface area (Å²) >= 11 is 0. The van der Waals surface area contributed by atoms with Crippen LogP contribution in [0.2, 0.25) is 0 Å².